The highest BCUT2D eigenvalue weighted by molar-refractivity contribution is 9.10. The van der Waals surface area contributed by atoms with E-state index in [1.807, 2.05) is 13.0 Å². The highest BCUT2D eigenvalue weighted by Crippen LogP contribution is 2.30. The Morgan fingerprint density at radius 1 is 1.35 bits per heavy atom. The van der Waals surface area contributed by atoms with Crippen molar-refractivity contribution in [1.29, 1.82) is 0 Å². The molecule has 104 valence electrons. The summed E-state index contributed by atoms with van der Waals surface area (Å²) in [4.78, 5) is 16.1. The van der Waals surface area contributed by atoms with Crippen LogP contribution >= 0.6 is 43.5 Å². The molecule has 1 heterocycles. The van der Waals surface area contributed by atoms with Gasteiger partial charge in [0.2, 0.25) is 0 Å². The van der Waals surface area contributed by atoms with E-state index in [2.05, 4.69) is 42.2 Å². The summed E-state index contributed by atoms with van der Waals surface area (Å²) in [6.07, 6.45) is 1.53. The predicted octanol–water partition coefficient (Wildman–Crippen LogP) is 4.40. The SMILES string of the molecule is Cc1cc(Br)c(NC(=O)c2cc(Br)cnc2N)cc1Cl. The average molecular weight is 420 g/mol. The second-order valence-electron chi connectivity index (χ2n) is 4.12. The normalized spacial score (nSPS) is 10.4. The summed E-state index contributed by atoms with van der Waals surface area (Å²) in [6.45, 7) is 1.88. The first-order valence-electron chi connectivity index (χ1n) is 5.56. The maximum Gasteiger partial charge on any atom is 0.259 e. The van der Waals surface area contributed by atoms with E-state index >= 15 is 0 Å². The molecule has 7 heteroatoms. The van der Waals surface area contributed by atoms with Crippen LogP contribution in [0.2, 0.25) is 5.02 Å². The molecule has 2 rings (SSSR count). The molecule has 4 nitrogen and oxygen atoms in total. The van der Waals surface area contributed by atoms with Crippen LogP contribution in [0.3, 0.4) is 0 Å². The van der Waals surface area contributed by atoms with E-state index < -0.39 is 0 Å². The van der Waals surface area contributed by atoms with Crippen molar-refractivity contribution in [2.75, 3.05) is 11.1 Å². The summed E-state index contributed by atoms with van der Waals surface area (Å²) in [5.74, 6) is -0.183. The first-order chi connectivity index (χ1) is 9.38. The molecule has 3 N–H and O–H groups in total. The lowest BCUT2D eigenvalue weighted by molar-refractivity contribution is 0.102. The third-order valence-electron chi connectivity index (χ3n) is 2.63. The van der Waals surface area contributed by atoms with E-state index in [9.17, 15) is 4.79 Å². The maximum absolute atomic E-state index is 12.2. The number of aryl methyl sites for hydroxylation is 1. The molecule has 20 heavy (non-hydrogen) atoms. The molecular weight excluding hydrogens is 409 g/mol. The Morgan fingerprint density at radius 2 is 2.05 bits per heavy atom. The van der Waals surface area contributed by atoms with E-state index in [0.29, 0.717) is 20.7 Å². The zero-order valence-electron chi connectivity index (χ0n) is 10.4. The van der Waals surface area contributed by atoms with Crippen molar-refractivity contribution in [3.8, 4) is 0 Å². The van der Waals surface area contributed by atoms with Gasteiger partial charge in [0.05, 0.1) is 11.3 Å². The van der Waals surface area contributed by atoms with Gasteiger partial charge in [-0.15, -0.1) is 0 Å². The molecule has 0 saturated carbocycles. The van der Waals surface area contributed by atoms with Crippen molar-refractivity contribution in [3.63, 3.8) is 0 Å². The zero-order valence-corrected chi connectivity index (χ0v) is 14.3. The smallest absolute Gasteiger partial charge is 0.259 e. The number of rotatable bonds is 2. The minimum Gasteiger partial charge on any atom is -0.383 e. The predicted molar refractivity (Wildman–Crippen MR) is 88.2 cm³/mol. The van der Waals surface area contributed by atoms with E-state index in [1.54, 1.807) is 12.1 Å². The first kappa shape index (κ1) is 15.3. The third-order valence-corrected chi connectivity index (χ3v) is 4.12. The summed E-state index contributed by atoms with van der Waals surface area (Å²) in [5, 5.41) is 3.32. The van der Waals surface area contributed by atoms with Gasteiger partial charge >= 0.3 is 0 Å². The van der Waals surface area contributed by atoms with Crippen LogP contribution in [-0.4, -0.2) is 10.9 Å². The quantitative estimate of drug-likeness (QED) is 0.758. The molecule has 1 aromatic carbocycles. The number of anilines is 2. The number of halogens is 3. The van der Waals surface area contributed by atoms with Crippen LogP contribution in [-0.2, 0) is 0 Å². The Kier molecular flexibility index (Phi) is 4.67. The van der Waals surface area contributed by atoms with E-state index in [0.717, 1.165) is 10.0 Å². The number of carbonyl (C=O) groups excluding carboxylic acids is 1. The van der Waals surface area contributed by atoms with Crippen molar-refractivity contribution in [3.05, 3.63) is 49.5 Å². The molecule has 0 fully saturated rings. The number of nitrogens with zero attached hydrogens (tertiary/aromatic N) is 1. The molecule has 2 aromatic rings. The fraction of sp³-hybridized carbons (Fsp3) is 0.0769. The van der Waals surface area contributed by atoms with Gasteiger partial charge in [-0.3, -0.25) is 4.79 Å². The Balaban J connectivity index is 2.32. The van der Waals surface area contributed by atoms with E-state index in [-0.39, 0.29) is 11.7 Å². The van der Waals surface area contributed by atoms with Crippen LogP contribution in [0.5, 0.6) is 0 Å². The lowest BCUT2D eigenvalue weighted by Crippen LogP contribution is -2.15. The zero-order chi connectivity index (χ0) is 14.9. The van der Waals surface area contributed by atoms with Crippen molar-refractivity contribution in [2.24, 2.45) is 0 Å². The summed E-state index contributed by atoms with van der Waals surface area (Å²) >= 11 is 12.7. The van der Waals surface area contributed by atoms with Crippen LogP contribution in [0.15, 0.2) is 33.3 Å². The molecular formula is C13H10Br2ClN3O. The van der Waals surface area contributed by atoms with E-state index in [4.69, 9.17) is 17.3 Å². The third kappa shape index (κ3) is 3.31. The molecule has 0 atom stereocenters. The number of amides is 1. The molecule has 0 radical (unpaired) electrons. The number of hydrogen-bond donors (Lipinski definition) is 2. The fourth-order valence-electron chi connectivity index (χ4n) is 1.56. The molecule has 0 aliphatic carbocycles. The van der Waals surface area contributed by atoms with Gasteiger partial charge in [0.1, 0.15) is 5.82 Å². The molecule has 0 aliphatic rings. The highest BCUT2D eigenvalue weighted by atomic mass is 79.9. The second-order valence-corrected chi connectivity index (χ2v) is 6.30. The van der Waals surface area contributed by atoms with E-state index in [1.165, 1.54) is 6.20 Å². The number of pyridine rings is 1. The topological polar surface area (TPSA) is 68.0 Å². The Bertz CT molecular complexity index is 692. The van der Waals surface area contributed by atoms with Crippen LogP contribution in [0.25, 0.3) is 0 Å². The molecule has 0 spiro atoms. The molecule has 0 aliphatic heterocycles. The van der Waals surface area contributed by atoms with Gasteiger partial charge in [0, 0.05) is 20.2 Å². The van der Waals surface area contributed by atoms with Crippen LogP contribution in [0.1, 0.15) is 15.9 Å². The Hall–Kier alpha value is -1.11. The van der Waals surface area contributed by atoms with Gasteiger partial charge in [0.15, 0.2) is 0 Å². The molecule has 0 unspecified atom stereocenters. The number of aromatic nitrogens is 1. The number of benzene rings is 1. The first-order valence-corrected chi connectivity index (χ1v) is 7.53. The average Bonchev–Trinajstić information content (AvgIpc) is 2.38. The Morgan fingerprint density at radius 3 is 2.75 bits per heavy atom. The van der Waals surface area contributed by atoms with Gasteiger partial charge < -0.3 is 11.1 Å². The van der Waals surface area contributed by atoms with Crippen LogP contribution in [0, 0.1) is 6.92 Å². The molecule has 1 aromatic heterocycles. The number of nitrogens with two attached hydrogens (primary N) is 1. The van der Waals surface area contributed by atoms with Crippen molar-refractivity contribution < 1.29 is 4.79 Å². The summed E-state index contributed by atoms with van der Waals surface area (Å²) in [6, 6.07) is 5.13. The second kappa shape index (κ2) is 6.11. The van der Waals surface area contributed by atoms with Crippen molar-refractivity contribution >= 4 is 60.9 Å². The van der Waals surface area contributed by atoms with Gasteiger partial charge in [0.25, 0.3) is 5.91 Å². The van der Waals surface area contributed by atoms with Crippen LogP contribution in [0.4, 0.5) is 11.5 Å². The minimum atomic E-state index is -0.350. The largest absolute Gasteiger partial charge is 0.383 e. The number of carbonyl (C=O) groups is 1. The van der Waals surface area contributed by atoms with Gasteiger partial charge in [-0.05, 0) is 62.5 Å². The lowest BCUT2D eigenvalue weighted by Gasteiger charge is -2.10. The maximum atomic E-state index is 12.2. The number of nitrogen functional groups attached to an aromatic ring is 1. The minimum absolute atomic E-state index is 0.167. The molecule has 1 amide bonds. The molecule has 0 bridgehead atoms. The summed E-state index contributed by atoms with van der Waals surface area (Å²) in [5.41, 5.74) is 7.49. The van der Waals surface area contributed by atoms with Gasteiger partial charge in [-0.25, -0.2) is 4.98 Å². The van der Waals surface area contributed by atoms with Crippen LogP contribution < -0.4 is 11.1 Å². The summed E-state index contributed by atoms with van der Waals surface area (Å²) < 4.78 is 1.42. The monoisotopic (exact) mass is 417 g/mol. The van der Waals surface area contributed by atoms with Gasteiger partial charge in [-0.2, -0.15) is 0 Å². The van der Waals surface area contributed by atoms with Gasteiger partial charge in [-0.1, -0.05) is 11.6 Å². The lowest BCUT2D eigenvalue weighted by atomic mass is 10.2. The number of hydrogen-bond acceptors (Lipinski definition) is 3. The van der Waals surface area contributed by atoms with Crippen molar-refractivity contribution in [1.82, 2.24) is 4.98 Å². The fourth-order valence-corrected chi connectivity index (χ4v) is 2.62. The Labute approximate surface area is 138 Å². The summed E-state index contributed by atoms with van der Waals surface area (Å²) in [7, 11) is 0. The highest BCUT2D eigenvalue weighted by Gasteiger charge is 2.14. The van der Waals surface area contributed by atoms with Crippen molar-refractivity contribution in [2.45, 2.75) is 6.92 Å². The molecule has 0 saturated heterocycles. The number of nitrogens with one attached hydrogen (secondary N) is 1. The standard InChI is InChI=1S/C13H10Br2ClN3O/c1-6-2-9(15)11(4-10(6)16)19-13(20)8-3-7(14)5-18-12(8)17/h2-5H,1H3,(H2,17,18)(H,19,20).